The summed E-state index contributed by atoms with van der Waals surface area (Å²) in [5, 5.41) is 3.48. The number of benzene rings is 1. The topological polar surface area (TPSA) is 66.5 Å². The van der Waals surface area contributed by atoms with Crippen LogP contribution in [0.15, 0.2) is 24.3 Å². The van der Waals surface area contributed by atoms with Crippen LogP contribution in [0.3, 0.4) is 0 Å². The summed E-state index contributed by atoms with van der Waals surface area (Å²) in [5.74, 6) is -0.393. The fourth-order valence-electron chi connectivity index (χ4n) is 2.44. The highest BCUT2D eigenvalue weighted by atomic mass is 35.5. The van der Waals surface area contributed by atoms with E-state index in [2.05, 4.69) is 5.32 Å². The van der Waals surface area contributed by atoms with E-state index in [4.69, 9.17) is 11.6 Å². The molecule has 0 radical (unpaired) electrons. The number of nitrogens with one attached hydrogen (secondary N) is 1. The zero-order chi connectivity index (χ0) is 15.5. The quantitative estimate of drug-likeness (QED) is 0.912. The Morgan fingerprint density at radius 2 is 2.24 bits per heavy atom. The Bertz CT molecular complexity index is 618. The summed E-state index contributed by atoms with van der Waals surface area (Å²) in [6, 6.07) is 7.29. The van der Waals surface area contributed by atoms with Gasteiger partial charge in [0.15, 0.2) is 0 Å². The van der Waals surface area contributed by atoms with Crippen molar-refractivity contribution in [1.29, 1.82) is 0 Å². The molecule has 1 aliphatic heterocycles. The monoisotopic (exact) mass is 330 g/mol. The van der Waals surface area contributed by atoms with Crippen molar-refractivity contribution in [3.8, 4) is 0 Å². The van der Waals surface area contributed by atoms with E-state index in [9.17, 15) is 13.2 Å². The Morgan fingerprint density at radius 3 is 2.90 bits per heavy atom. The number of halogens is 1. The van der Waals surface area contributed by atoms with Crippen molar-refractivity contribution in [1.82, 2.24) is 9.62 Å². The van der Waals surface area contributed by atoms with Crippen molar-refractivity contribution >= 4 is 27.5 Å². The van der Waals surface area contributed by atoms with Gasteiger partial charge in [-0.3, -0.25) is 4.79 Å². The Labute approximate surface area is 130 Å². The molecule has 1 aliphatic rings. The van der Waals surface area contributed by atoms with Gasteiger partial charge < -0.3 is 5.32 Å². The number of hydrogen-bond acceptors (Lipinski definition) is 3. The third-order valence-electron chi connectivity index (χ3n) is 3.58. The van der Waals surface area contributed by atoms with E-state index in [0.717, 1.165) is 5.56 Å². The number of piperidine rings is 1. The van der Waals surface area contributed by atoms with E-state index in [-0.39, 0.29) is 18.4 Å². The first-order chi connectivity index (χ1) is 9.86. The standard InChI is InChI=1S/C14H19ClN2O3S/c1-21(19,20)17-7-3-5-12(10-17)14(18)16-9-11-4-2-6-13(15)8-11/h2,4,6,8,12H,3,5,7,9-10H2,1H3,(H,16,18). The van der Waals surface area contributed by atoms with Crippen LogP contribution < -0.4 is 5.32 Å². The number of rotatable bonds is 4. The van der Waals surface area contributed by atoms with Crippen LogP contribution >= 0.6 is 11.6 Å². The van der Waals surface area contributed by atoms with Crippen LogP contribution in [0.25, 0.3) is 0 Å². The summed E-state index contributed by atoms with van der Waals surface area (Å²) in [7, 11) is -3.23. The Balaban J connectivity index is 1.91. The van der Waals surface area contributed by atoms with E-state index >= 15 is 0 Å². The second-order valence-corrected chi connectivity index (χ2v) is 7.73. The highest BCUT2D eigenvalue weighted by Crippen LogP contribution is 2.19. The van der Waals surface area contributed by atoms with Crippen molar-refractivity contribution in [3.05, 3.63) is 34.9 Å². The van der Waals surface area contributed by atoms with Gasteiger partial charge in [-0.2, -0.15) is 0 Å². The lowest BCUT2D eigenvalue weighted by Crippen LogP contribution is -2.44. The molecule has 0 bridgehead atoms. The van der Waals surface area contributed by atoms with Gasteiger partial charge in [0.25, 0.3) is 0 Å². The van der Waals surface area contributed by atoms with Crippen molar-refractivity contribution in [2.24, 2.45) is 5.92 Å². The van der Waals surface area contributed by atoms with E-state index in [0.29, 0.717) is 31.0 Å². The minimum absolute atomic E-state index is 0.108. The first-order valence-electron chi connectivity index (χ1n) is 6.83. The maximum Gasteiger partial charge on any atom is 0.224 e. The van der Waals surface area contributed by atoms with Gasteiger partial charge in [-0.15, -0.1) is 0 Å². The van der Waals surface area contributed by atoms with Crippen LogP contribution in [-0.4, -0.2) is 38.0 Å². The van der Waals surface area contributed by atoms with Gasteiger partial charge in [-0.25, -0.2) is 12.7 Å². The molecule has 0 saturated carbocycles. The summed E-state index contributed by atoms with van der Waals surface area (Å²) in [4.78, 5) is 12.2. The van der Waals surface area contributed by atoms with Gasteiger partial charge in [0, 0.05) is 24.7 Å². The smallest absolute Gasteiger partial charge is 0.224 e. The molecule has 1 heterocycles. The zero-order valence-electron chi connectivity index (χ0n) is 11.9. The Hall–Kier alpha value is -1.11. The molecule has 1 saturated heterocycles. The number of carbonyl (C=O) groups is 1. The molecule has 1 fully saturated rings. The molecule has 2 rings (SSSR count). The highest BCUT2D eigenvalue weighted by molar-refractivity contribution is 7.88. The van der Waals surface area contributed by atoms with Crippen LogP contribution in [0.5, 0.6) is 0 Å². The average molecular weight is 331 g/mol. The van der Waals surface area contributed by atoms with E-state index in [1.54, 1.807) is 12.1 Å². The third-order valence-corrected chi connectivity index (χ3v) is 5.08. The first-order valence-corrected chi connectivity index (χ1v) is 9.06. The summed E-state index contributed by atoms with van der Waals surface area (Å²) >= 11 is 5.89. The molecule has 0 aromatic heterocycles. The SMILES string of the molecule is CS(=O)(=O)N1CCCC(C(=O)NCc2cccc(Cl)c2)C1. The van der Waals surface area contributed by atoms with Gasteiger partial charge >= 0.3 is 0 Å². The second-order valence-electron chi connectivity index (χ2n) is 5.31. The van der Waals surface area contributed by atoms with Crippen molar-refractivity contribution in [2.45, 2.75) is 19.4 Å². The van der Waals surface area contributed by atoms with Crippen LogP contribution in [0.4, 0.5) is 0 Å². The molecule has 1 N–H and O–H groups in total. The lowest BCUT2D eigenvalue weighted by atomic mass is 9.99. The van der Waals surface area contributed by atoms with E-state index in [1.165, 1.54) is 10.6 Å². The minimum Gasteiger partial charge on any atom is -0.352 e. The molecule has 0 aliphatic carbocycles. The average Bonchev–Trinajstić information content (AvgIpc) is 2.44. The zero-order valence-corrected chi connectivity index (χ0v) is 13.5. The van der Waals surface area contributed by atoms with Crippen molar-refractivity contribution in [2.75, 3.05) is 19.3 Å². The maximum atomic E-state index is 12.2. The number of amides is 1. The second kappa shape index (κ2) is 6.77. The number of hydrogen-bond donors (Lipinski definition) is 1. The third kappa shape index (κ3) is 4.69. The van der Waals surface area contributed by atoms with Gasteiger partial charge in [-0.1, -0.05) is 23.7 Å². The fourth-order valence-corrected chi connectivity index (χ4v) is 3.56. The highest BCUT2D eigenvalue weighted by Gasteiger charge is 2.29. The predicted octanol–water partition coefficient (Wildman–Crippen LogP) is 1.63. The van der Waals surface area contributed by atoms with Crippen LogP contribution in [0.1, 0.15) is 18.4 Å². The Kier molecular flexibility index (Phi) is 5.24. The normalized spacial score (nSPS) is 20.2. The maximum absolute atomic E-state index is 12.2. The van der Waals surface area contributed by atoms with Crippen LogP contribution in [0.2, 0.25) is 5.02 Å². The lowest BCUT2D eigenvalue weighted by Gasteiger charge is -2.30. The molecule has 1 aromatic rings. The molecular formula is C14H19ClN2O3S. The molecule has 116 valence electrons. The van der Waals surface area contributed by atoms with Gasteiger partial charge in [0.1, 0.15) is 0 Å². The molecular weight excluding hydrogens is 312 g/mol. The summed E-state index contributed by atoms with van der Waals surface area (Å²) < 4.78 is 24.5. The van der Waals surface area contributed by atoms with E-state index < -0.39 is 10.0 Å². The van der Waals surface area contributed by atoms with Crippen LogP contribution in [-0.2, 0) is 21.4 Å². The van der Waals surface area contributed by atoms with Crippen molar-refractivity contribution in [3.63, 3.8) is 0 Å². The molecule has 21 heavy (non-hydrogen) atoms. The molecule has 1 amide bonds. The minimum atomic E-state index is -3.23. The van der Waals surface area contributed by atoms with Crippen LogP contribution in [0, 0.1) is 5.92 Å². The van der Waals surface area contributed by atoms with Crippen molar-refractivity contribution < 1.29 is 13.2 Å². The largest absolute Gasteiger partial charge is 0.352 e. The Morgan fingerprint density at radius 1 is 1.48 bits per heavy atom. The molecule has 1 aromatic carbocycles. The first kappa shape index (κ1) is 16.3. The molecule has 1 unspecified atom stereocenters. The number of sulfonamides is 1. The molecule has 5 nitrogen and oxygen atoms in total. The van der Waals surface area contributed by atoms with Gasteiger partial charge in [-0.05, 0) is 30.5 Å². The van der Waals surface area contributed by atoms with Gasteiger partial charge in [0.05, 0.1) is 12.2 Å². The van der Waals surface area contributed by atoms with Gasteiger partial charge in [0.2, 0.25) is 15.9 Å². The summed E-state index contributed by atoms with van der Waals surface area (Å²) in [6.45, 7) is 1.16. The molecule has 0 spiro atoms. The molecule has 7 heteroatoms. The molecule has 1 atom stereocenters. The number of carbonyl (C=O) groups excluding carboxylic acids is 1. The number of nitrogens with zero attached hydrogens (tertiary/aromatic N) is 1. The summed E-state index contributed by atoms with van der Waals surface area (Å²) in [5.41, 5.74) is 0.923. The predicted molar refractivity (Wildman–Crippen MR) is 82.4 cm³/mol. The fraction of sp³-hybridized carbons (Fsp3) is 0.500. The lowest BCUT2D eigenvalue weighted by molar-refractivity contribution is -0.126. The summed E-state index contributed by atoms with van der Waals surface area (Å²) in [6.07, 6.45) is 2.61. The van der Waals surface area contributed by atoms with E-state index in [1.807, 2.05) is 12.1 Å².